The van der Waals surface area contributed by atoms with Gasteiger partial charge in [0.25, 0.3) is 0 Å². The van der Waals surface area contributed by atoms with Crippen molar-refractivity contribution in [3.05, 3.63) is 41.6 Å². The Kier molecular flexibility index (Phi) is 10.5. The van der Waals surface area contributed by atoms with Crippen LogP contribution in [0.1, 0.15) is 52.5 Å². The van der Waals surface area contributed by atoms with Crippen molar-refractivity contribution < 1.29 is 17.9 Å². The summed E-state index contributed by atoms with van der Waals surface area (Å²) in [5.74, 6) is -0.551. The number of allylic oxidation sites excluding steroid dienone is 1. The Morgan fingerprint density at radius 1 is 1.10 bits per heavy atom. The van der Waals surface area contributed by atoms with Crippen molar-refractivity contribution in [1.29, 1.82) is 0 Å². The Morgan fingerprint density at radius 3 is 2.10 bits per heavy atom. The van der Waals surface area contributed by atoms with E-state index in [1.54, 1.807) is 31.2 Å². The first-order valence-corrected chi connectivity index (χ1v) is 15.0. The summed E-state index contributed by atoms with van der Waals surface area (Å²) in [5.41, 5.74) is 0.982. The molecule has 0 heterocycles. The topological polar surface area (TPSA) is 63.7 Å². The van der Waals surface area contributed by atoms with Gasteiger partial charge in [0.2, 0.25) is 10.0 Å². The number of nitrogens with zero attached hydrogens (tertiary/aromatic N) is 1. The molecular formula is C23H39NO4SSi. The first kappa shape index (κ1) is 26.6. The summed E-state index contributed by atoms with van der Waals surface area (Å²) in [6, 6.07) is 9.44. The van der Waals surface area contributed by atoms with E-state index in [1.165, 1.54) is 34.7 Å². The molecule has 1 aromatic carbocycles. The van der Waals surface area contributed by atoms with E-state index in [1.807, 2.05) is 6.92 Å². The van der Waals surface area contributed by atoms with Gasteiger partial charge in [-0.05, 0) is 45.2 Å². The van der Waals surface area contributed by atoms with Crippen molar-refractivity contribution in [1.82, 2.24) is 4.31 Å². The van der Waals surface area contributed by atoms with Gasteiger partial charge in [-0.25, -0.2) is 8.42 Å². The highest BCUT2D eigenvalue weighted by molar-refractivity contribution is 7.89. The Hall–Kier alpha value is -1.44. The Labute approximate surface area is 184 Å². The molecule has 7 heteroatoms. The molecule has 1 atom stereocenters. The van der Waals surface area contributed by atoms with E-state index in [0.717, 1.165) is 18.4 Å². The SMILES string of the molecule is C=C(CCCCN(C(C)C(=O)OC)S(=O)(=O)c1ccc(C)cc1)[Si](CC)(CC)CC. The molecule has 0 bridgehead atoms. The molecule has 30 heavy (non-hydrogen) atoms. The molecule has 0 saturated carbocycles. The standard InChI is InChI=1S/C23H39NO4SSi/c1-8-30(9-2,10-3)20(5)13-11-12-18-24(21(6)23(25)28-7)29(26,27)22-16-14-19(4)15-17-22/h14-17,21H,5,8-13,18H2,1-4,6-7H3. The van der Waals surface area contributed by atoms with Crippen LogP contribution in [0.4, 0.5) is 0 Å². The predicted octanol–water partition coefficient (Wildman–Crippen LogP) is 5.32. The number of hydrogen-bond donors (Lipinski definition) is 0. The summed E-state index contributed by atoms with van der Waals surface area (Å²) in [6.45, 7) is 14.9. The van der Waals surface area contributed by atoms with Gasteiger partial charge in [-0.15, -0.1) is 6.58 Å². The molecule has 0 N–H and O–H groups in total. The molecule has 0 saturated heterocycles. The van der Waals surface area contributed by atoms with Crippen molar-refractivity contribution in [3.8, 4) is 0 Å². The van der Waals surface area contributed by atoms with Gasteiger partial charge < -0.3 is 4.74 Å². The quantitative estimate of drug-likeness (QED) is 0.230. The molecule has 0 aliphatic carbocycles. The summed E-state index contributed by atoms with van der Waals surface area (Å²) in [4.78, 5) is 12.3. The van der Waals surface area contributed by atoms with Crippen LogP contribution in [0.5, 0.6) is 0 Å². The lowest BCUT2D eigenvalue weighted by atomic mass is 10.2. The van der Waals surface area contributed by atoms with Crippen LogP contribution in [0.25, 0.3) is 0 Å². The molecule has 1 aromatic rings. The molecule has 0 aliphatic rings. The maximum atomic E-state index is 13.2. The predicted molar refractivity (Wildman–Crippen MR) is 127 cm³/mol. The molecule has 0 radical (unpaired) electrons. The van der Waals surface area contributed by atoms with Crippen LogP contribution in [0.15, 0.2) is 40.9 Å². The van der Waals surface area contributed by atoms with Gasteiger partial charge in [0.15, 0.2) is 0 Å². The fourth-order valence-electron chi connectivity index (χ4n) is 4.03. The number of hydrogen-bond acceptors (Lipinski definition) is 4. The van der Waals surface area contributed by atoms with Crippen LogP contribution in [-0.4, -0.2) is 46.5 Å². The minimum Gasteiger partial charge on any atom is -0.468 e. The lowest BCUT2D eigenvalue weighted by Crippen LogP contribution is -2.44. The average molecular weight is 454 g/mol. The number of carbonyl (C=O) groups is 1. The second-order valence-corrected chi connectivity index (χ2v) is 15.3. The lowest BCUT2D eigenvalue weighted by molar-refractivity contribution is -0.144. The van der Waals surface area contributed by atoms with Crippen molar-refractivity contribution in [2.45, 2.75) is 83.0 Å². The molecule has 1 unspecified atom stereocenters. The van der Waals surface area contributed by atoms with E-state index in [4.69, 9.17) is 4.74 Å². The van der Waals surface area contributed by atoms with E-state index in [2.05, 4.69) is 27.4 Å². The molecule has 5 nitrogen and oxygen atoms in total. The summed E-state index contributed by atoms with van der Waals surface area (Å²) < 4.78 is 32.6. The van der Waals surface area contributed by atoms with Crippen LogP contribution in [0.3, 0.4) is 0 Å². The number of aryl methyl sites for hydroxylation is 1. The second kappa shape index (κ2) is 11.8. The van der Waals surface area contributed by atoms with E-state index in [-0.39, 0.29) is 11.4 Å². The first-order valence-electron chi connectivity index (χ1n) is 10.9. The molecule has 1 rings (SSSR count). The van der Waals surface area contributed by atoms with Crippen LogP contribution in [0, 0.1) is 6.92 Å². The number of unbranched alkanes of at least 4 members (excludes halogenated alkanes) is 1. The third kappa shape index (κ3) is 6.28. The number of rotatable bonds is 13. The summed E-state index contributed by atoms with van der Waals surface area (Å²) >= 11 is 0. The number of methoxy groups -OCH3 is 1. The highest BCUT2D eigenvalue weighted by Gasteiger charge is 2.34. The summed E-state index contributed by atoms with van der Waals surface area (Å²) in [7, 11) is -3.95. The van der Waals surface area contributed by atoms with Crippen molar-refractivity contribution >= 4 is 24.1 Å². The van der Waals surface area contributed by atoms with Gasteiger partial charge in [0.05, 0.1) is 20.1 Å². The number of esters is 1. The Bertz CT molecular complexity index is 793. The second-order valence-electron chi connectivity index (χ2n) is 8.03. The van der Waals surface area contributed by atoms with Crippen molar-refractivity contribution in [2.24, 2.45) is 0 Å². The average Bonchev–Trinajstić information content (AvgIpc) is 2.74. The van der Waals surface area contributed by atoms with Crippen LogP contribution < -0.4 is 0 Å². The zero-order chi connectivity index (χ0) is 22.9. The smallest absolute Gasteiger partial charge is 0.323 e. The van der Waals surface area contributed by atoms with E-state index in [9.17, 15) is 13.2 Å². The fourth-order valence-corrected chi connectivity index (χ4v) is 9.36. The van der Waals surface area contributed by atoms with Crippen LogP contribution in [0.2, 0.25) is 18.1 Å². The number of sulfonamides is 1. The molecule has 0 amide bonds. The minimum absolute atomic E-state index is 0.197. The summed E-state index contributed by atoms with van der Waals surface area (Å²) in [6.07, 6.45) is 2.46. The highest BCUT2D eigenvalue weighted by Crippen LogP contribution is 2.30. The minimum atomic E-state index is -3.80. The van der Waals surface area contributed by atoms with Crippen molar-refractivity contribution in [3.63, 3.8) is 0 Å². The Balaban J connectivity index is 2.94. The van der Waals surface area contributed by atoms with Gasteiger partial charge in [0.1, 0.15) is 6.04 Å². The maximum Gasteiger partial charge on any atom is 0.323 e. The number of benzene rings is 1. The maximum absolute atomic E-state index is 13.2. The molecule has 170 valence electrons. The first-order chi connectivity index (χ1) is 14.1. The van der Waals surface area contributed by atoms with Crippen LogP contribution in [-0.2, 0) is 19.6 Å². The molecule has 0 aliphatic heterocycles. The van der Waals surface area contributed by atoms with Gasteiger partial charge in [-0.3, -0.25) is 4.79 Å². The molecule has 0 spiro atoms. The largest absolute Gasteiger partial charge is 0.468 e. The zero-order valence-corrected chi connectivity index (χ0v) is 21.3. The van der Waals surface area contributed by atoms with E-state index < -0.39 is 30.1 Å². The third-order valence-electron chi connectivity index (χ3n) is 6.49. The molecule has 0 aromatic heterocycles. The van der Waals surface area contributed by atoms with E-state index >= 15 is 0 Å². The Morgan fingerprint density at radius 2 is 1.63 bits per heavy atom. The van der Waals surface area contributed by atoms with Gasteiger partial charge >= 0.3 is 5.97 Å². The fraction of sp³-hybridized carbons (Fsp3) is 0.609. The molecule has 0 fully saturated rings. The summed E-state index contributed by atoms with van der Waals surface area (Å²) in [5, 5.41) is 1.38. The number of carbonyl (C=O) groups excluding carboxylic acids is 1. The van der Waals surface area contributed by atoms with E-state index in [0.29, 0.717) is 6.42 Å². The van der Waals surface area contributed by atoms with Gasteiger partial charge in [0, 0.05) is 6.54 Å². The number of ether oxygens (including phenoxy) is 1. The van der Waals surface area contributed by atoms with Gasteiger partial charge in [-0.1, -0.05) is 61.8 Å². The monoisotopic (exact) mass is 453 g/mol. The van der Waals surface area contributed by atoms with Gasteiger partial charge in [-0.2, -0.15) is 4.31 Å². The third-order valence-corrected chi connectivity index (χ3v) is 14.3. The lowest BCUT2D eigenvalue weighted by Gasteiger charge is -2.31. The molecular weight excluding hydrogens is 414 g/mol. The highest BCUT2D eigenvalue weighted by atomic mass is 32.2. The van der Waals surface area contributed by atoms with Crippen LogP contribution >= 0.6 is 0 Å². The normalized spacial score (nSPS) is 13.3. The van der Waals surface area contributed by atoms with Crippen molar-refractivity contribution in [2.75, 3.05) is 13.7 Å². The zero-order valence-electron chi connectivity index (χ0n) is 19.5.